The number of fused-ring (bicyclic) bond motifs is 1. The highest BCUT2D eigenvalue weighted by atomic mass is 19.1. The molecule has 1 aliphatic heterocycles. The van der Waals surface area contributed by atoms with Crippen molar-refractivity contribution in [1.29, 1.82) is 0 Å². The summed E-state index contributed by atoms with van der Waals surface area (Å²) in [6.07, 6.45) is -0.348. The minimum atomic E-state index is -1.13. The molecule has 0 amide bonds. The van der Waals surface area contributed by atoms with Crippen LogP contribution in [0.2, 0.25) is 0 Å². The Balaban J connectivity index is 1.73. The van der Waals surface area contributed by atoms with Crippen molar-refractivity contribution in [3.63, 3.8) is 0 Å². The van der Waals surface area contributed by atoms with Gasteiger partial charge < -0.3 is 18.8 Å². The highest BCUT2D eigenvalue weighted by Crippen LogP contribution is 2.35. The van der Waals surface area contributed by atoms with E-state index in [2.05, 4.69) is 0 Å². The number of ether oxygens (including phenoxy) is 3. The molecule has 1 fully saturated rings. The third-order valence-electron chi connectivity index (χ3n) is 5.98. The van der Waals surface area contributed by atoms with E-state index in [9.17, 15) is 19.3 Å². The number of carbonyl (C=O) groups excluding carboxylic acids is 1. The molecular formula is C25H27FN2O6. The molecule has 34 heavy (non-hydrogen) atoms. The first kappa shape index (κ1) is 23.8. The van der Waals surface area contributed by atoms with Crippen molar-refractivity contribution in [2.75, 3.05) is 6.61 Å². The summed E-state index contributed by atoms with van der Waals surface area (Å²) in [5.74, 6) is -2.18. The average Bonchev–Trinajstić information content (AvgIpc) is 3.31. The molecule has 1 unspecified atom stereocenters. The number of halogens is 1. The monoisotopic (exact) mass is 470 g/mol. The van der Waals surface area contributed by atoms with Crippen LogP contribution in [0.4, 0.5) is 10.1 Å². The van der Waals surface area contributed by atoms with Gasteiger partial charge in [0, 0.05) is 23.2 Å². The van der Waals surface area contributed by atoms with Crippen molar-refractivity contribution in [2.24, 2.45) is 0 Å². The third kappa shape index (κ3) is 4.67. The van der Waals surface area contributed by atoms with Crippen LogP contribution in [-0.4, -0.2) is 34.0 Å². The van der Waals surface area contributed by atoms with Crippen LogP contribution in [0.3, 0.4) is 0 Å². The smallest absolute Gasteiger partial charge is 0.317 e. The minimum Gasteiger partial charge on any atom is -0.460 e. The fourth-order valence-electron chi connectivity index (χ4n) is 4.19. The van der Waals surface area contributed by atoms with Gasteiger partial charge in [-0.1, -0.05) is 30.3 Å². The molecule has 1 aliphatic rings. The van der Waals surface area contributed by atoms with Gasteiger partial charge in [0.05, 0.1) is 23.6 Å². The SMILES string of the molecule is CC1(C)OCC(Cn2c(C(C)(C)C(=O)OCc3ccccc3)cc3cc([N+](=O)[O-])c(F)cc32)O1. The fraction of sp³-hybridized carbons (Fsp3) is 0.400. The minimum absolute atomic E-state index is 0.108. The van der Waals surface area contributed by atoms with Gasteiger partial charge in [-0.05, 0) is 39.3 Å². The van der Waals surface area contributed by atoms with Gasteiger partial charge in [-0.2, -0.15) is 4.39 Å². The van der Waals surface area contributed by atoms with Crippen LogP contribution in [0.5, 0.6) is 0 Å². The molecule has 1 aromatic heterocycles. The molecule has 4 rings (SSSR count). The lowest BCUT2D eigenvalue weighted by molar-refractivity contribution is -0.387. The summed E-state index contributed by atoms with van der Waals surface area (Å²) in [7, 11) is 0. The molecule has 0 aliphatic carbocycles. The maximum atomic E-state index is 14.6. The van der Waals surface area contributed by atoms with Crippen molar-refractivity contribution in [1.82, 2.24) is 4.57 Å². The zero-order valence-corrected chi connectivity index (χ0v) is 19.5. The van der Waals surface area contributed by atoms with Gasteiger partial charge in [0.15, 0.2) is 5.79 Å². The van der Waals surface area contributed by atoms with Crippen LogP contribution in [-0.2, 0) is 37.6 Å². The maximum absolute atomic E-state index is 14.6. The highest BCUT2D eigenvalue weighted by Gasteiger charge is 2.38. The Morgan fingerprint density at radius 1 is 1.26 bits per heavy atom. The van der Waals surface area contributed by atoms with Crippen molar-refractivity contribution < 1.29 is 28.3 Å². The second kappa shape index (κ2) is 8.81. The molecule has 9 heteroatoms. The molecule has 0 radical (unpaired) electrons. The van der Waals surface area contributed by atoms with Crippen molar-refractivity contribution in [2.45, 2.75) is 58.2 Å². The normalized spacial score (nSPS) is 17.7. The molecule has 2 aromatic carbocycles. The molecule has 0 N–H and O–H groups in total. The molecule has 0 saturated carbocycles. The maximum Gasteiger partial charge on any atom is 0.317 e. The summed E-state index contributed by atoms with van der Waals surface area (Å²) >= 11 is 0. The van der Waals surface area contributed by atoms with Crippen molar-refractivity contribution in [3.05, 3.63) is 75.7 Å². The molecule has 0 bridgehead atoms. The van der Waals surface area contributed by atoms with E-state index in [0.717, 1.165) is 11.6 Å². The zero-order valence-electron chi connectivity index (χ0n) is 19.5. The van der Waals surface area contributed by atoms with E-state index >= 15 is 0 Å². The first-order valence-electron chi connectivity index (χ1n) is 11.0. The van der Waals surface area contributed by atoms with E-state index in [4.69, 9.17) is 14.2 Å². The first-order chi connectivity index (χ1) is 16.0. The summed E-state index contributed by atoms with van der Waals surface area (Å²) < 4.78 is 33.5. The van der Waals surface area contributed by atoms with Crippen molar-refractivity contribution in [3.8, 4) is 0 Å². The largest absolute Gasteiger partial charge is 0.460 e. The van der Waals surface area contributed by atoms with E-state index in [0.29, 0.717) is 23.2 Å². The van der Waals surface area contributed by atoms with Gasteiger partial charge in [0.25, 0.3) is 0 Å². The second-order valence-corrected chi connectivity index (χ2v) is 9.40. The van der Waals surface area contributed by atoms with Gasteiger partial charge in [0.1, 0.15) is 18.1 Å². The van der Waals surface area contributed by atoms with Crippen LogP contribution < -0.4 is 0 Å². The van der Waals surface area contributed by atoms with Crippen LogP contribution in [0, 0.1) is 15.9 Å². The quantitative estimate of drug-likeness (QED) is 0.278. The molecule has 1 saturated heterocycles. The molecule has 180 valence electrons. The Morgan fingerprint density at radius 3 is 2.59 bits per heavy atom. The lowest BCUT2D eigenvalue weighted by atomic mass is 9.89. The summed E-state index contributed by atoms with van der Waals surface area (Å²) in [6.45, 7) is 7.73. The fourth-order valence-corrected chi connectivity index (χ4v) is 4.19. The van der Waals surface area contributed by atoms with Gasteiger partial charge in [-0.15, -0.1) is 0 Å². The number of carbonyl (C=O) groups is 1. The summed E-state index contributed by atoms with van der Waals surface area (Å²) in [5.41, 5.74) is 0.0589. The topological polar surface area (TPSA) is 92.8 Å². The van der Waals surface area contributed by atoms with E-state index in [-0.39, 0.29) is 19.3 Å². The molecule has 1 atom stereocenters. The molecule has 3 aromatic rings. The number of benzene rings is 2. The number of aromatic nitrogens is 1. The lowest BCUT2D eigenvalue weighted by Crippen LogP contribution is -2.35. The Labute approximate surface area is 196 Å². The highest BCUT2D eigenvalue weighted by molar-refractivity contribution is 5.88. The predicted octanol–water partition coefficient (Wildman–Crippen LogP) is 4.86. The van der Waals surface area contributed by atoms with E-state index < -0.39 is 33.6 Å². The molecule has 0 spiro atoms. The zero-order chi connectivity index (χ0) is 24.7. The summed E-state index contributed by atoms with van der Waals surface area (Å²) in [4.78, 5) is 23.7. The van der Waals surface area contributed by atoms with Gasteiger partial charge >= 0.3 is 11.7 Å². The van der Waals surface area contributed by atoms with Crippen LogP contribution >= 0.6 is 0 Å². The second-order valence-electron chi connectivity index (χ2n) is 9.40. The van der Waals surface area contributed by atoms with Gasteiger partial charge in [0.2, 0.25) is 5.82 Å². The third-order valence-corrected chi connectivity index (χ3v) is 5.98. The Bertz CT molecular complexity index is 1240. The van der Waals surface area contributed by atoms with Crippen molar-refractivity contribution >= 4 is 22.6 Å². The first-order valence-corrected chi connectivity index (χ1v) is 11.0. The number of esters is 1. The number of nitro groups is 1. The van der Waals surface area contributed by atoms with Gasteiger partial charge in [-0.3, -0.25) is 14.9 Å². The Morgan fingerprint density at radius 2 is 1.97 bits per heavy atom. The summed E-state index contributed by atoms with van der Waals surface area (Å²) in [5, 5.41) is 11.7. The molecule has 2 heterocycles. The Kier molecular flexibility index (Phi) is 6.18. The van der Waals surface area contributed by atoms with Gasteiger partial charge in [-0.25, -0.2) is 0 Å². The van der Waals surface area contributed by atoms with E-state index in [1.54, 1.807) is 38.3 Å². The number of hydrogen-bond acceptors (Lipinski definition) is 6. The summed E-state index contributed by atoms with van der Waals surface area (Å²) in [6, 6.07) is 13.3. The standard InChI is InChI=1S/C25H27FN2O6/c1-24(2,23(29)32-14-16-8-6-5-7-9-16)22-11-17-10-21(28(30)31)19(26)12-20(17)27(22)13-18-15-33-25(3,4)34-18/h5-12,18H,13-15H2,1-4H3. The number of nitro benzene ring substituents is 1. The average molecular weight is 470 g/mol. The predicted molar refractivity (Wildman–Crippen MR) is 123 cm³/mol. The molecule has 8 nitrogen and oxygen atoms in total. The number of hydrogen-bond donors (Lipinski definition) is 0. The van der Waals surface area contributed by atoms with Crippen LogP contribution in [0.1, 0.15) is 39.0 Å². The van der Waals surface area contributed by atoms with Crippen LogP contribution in [0.25, 0.3) is 10.9 Å². The number of rotatable bonds is 7. The molecular weight excluding hydrogens is 443 g/mol. The van der Waals surface area contributed by atoms with E-state index in [1.165, 1.54) is 6.07 Å². The number of nitrogens with zero attached hydrogens (tertiary/aromatic N) is 2. The lowest BCUT2D eigenvalue weighted by Gasteiger charge is -2.26. The van der Waals surface area contributed by atoms with E-state index in [1.807, 2.05) is 30.3 Å². The Hall–Kier alpha value is -3.30. The van der Waals surface area contributed by atoms with Crippen LogP contribution in [0.15, 0.2) is 48.5 Å².